The largest absolute Gasteiger partial charge is 0.472 e. The fourth-order valence-corrected chi connectivity index (χ4v) is 3.90. The van der Waals surface area contributed by atoms with E-state index in [2.05, 4.69) is 10.1 Å². The van der Waals surface area contributed by atoms with E-state index < -0.39 is 10.0 Å². The Morgan fingerprint density at radius 3 is 2.69 bits per heavy atom. The van der Waals surface area contributed by atoms with Crippen molar-refractivity contribution in [3.8, 4) is 0 Å². The molecule has 3 rings (SSSR count). The first-order valence-corrected chi connectivity index (χ1v) is 10.2. The molecule has 1 amide bonds. The SMILES string of the molecule is CC(C)c1nc(CCN(C2CN(C(=O)c3ccoc3)C2)S(C)(=O)=O)no1. The lowest BCUT2D eigenvalue weighted by molar-refractivity contribution is 0.0453. The fraction of sp³-hybridized carbons (Fsp3) is 0.562. The second kappa shape index (κ2) is 7.20. The van der Waals surface area contributed by atoms with E-state index in [9.17, 15) is 13.2 Å². The van der Waals surface area contributed by atoms with E-state index in [4.69, 9.17) is 8.94 Å². The number of hydrogen-bond acceptors (Lipinski definition) is 7. The number of carbonyl (C=O) groups excluding carboxylic acids is 1. The Labute approximate surface area is 152 Å². The van der Waals surface area contributed by atoms with Crippen molar-refractivity contribution in [2.45, 2.75) is 32.2 Å². The Balaban J connectivity index is 1.60. The Hall–Kier alpha value is -2.20. The highest BCUT2D eigenvalue weighted by Gasteiger charge is 2.39. The van der Waals surface area contributed by atoms with Gasteiger partial charge in [0.05, 0.1) is 24.1 Å². The molecule has 10 heteroatoms. The van der Waals surface area contributed by atoms with Crippen molar-refractivity contribution in [2.75, 3.05) is 25.9 Å². The molecule has 1 saturated heterocycles. The summed E-state index contributed by atoms with van der Waals surface area (Å²) in [5.74, 6) is 0.971. The first-order chi connectivity index (χ1) is 12.3. The number of likely N-dealkylation sites (tertiary alicyclic amines) is 1. The first kappa shape index (κ1) is 18.6. The summed E-state index contributed by atoms with van der Waals surface area (Å²) < 4.78 is 35.8. The fourth-order valence-electron chi connectivity index (χ4n) is 2.80. The number of carbonyl (C=O) groups is 1. The van der Waals surface area contributed by atoms with Crippen LogP contribution in [0.15, 0.2) is 27.5 Å². The van der Waals surface area contributed by atoms with Crippen LogP contribution in [0, 0.1) is 0 Å². The monoisotopic (exact) mass is 382 g/mol. The Morgan fingerprint density at radius 1 is 1.42 bits per heavy atom. The van der Waals surface area contributed by atoms with Gasteiger partial charge in [-0.25, -0.2) is 8.42 Å². The summed E-state index contributed by atoms with van der Waals surface area (Å²) in [6, 6.07) is 1.34. The minimum absolute atomic E-state index is 0.122. The zero-order valence-electron chi connectivity index (χ0n) is 15.0. The van der Waals surface area contributed by atoms with Gasteiger partial charge in [-0.05, 0) is 6.07 Å². The highest BCUT2D eigenvalue weighted by atomic mass is 32.2. The predicted octanol–water partition coefficient (Wildman–Crippen LogP) is 1.11. The smallest absolute Gasteiger partial charge is 0.257 e. The lowest BCUT2D eigenvalue weighted by Gasteiger charge is -2.44. The van der Waals surface area contributed by atoms with Gasteiger partial charge in [-0.2, -0.15) is 9.29 Å². The lowest BCUT2D eigenvalue weighted by Crippen LogP contribution is -2.62. The molecule has 0 spiro atoms. The average Bonchev–Trinajstić information content (AvgIpc) is 3.18. The molecule has 2 aromatic heterocycles. The standard InChI is InChI=1S/C16H22N4O5S/c1-11(2)15-17-14(18-25-15)4-6-20(26(3,22)23)13-8-19(9-13)16(21)12-5-7-24-10-12/h5,7,10-11,13H,4,6,8-9H2,1-3H3. The Bertz CT molecular complexity index is 853. The summed E-state index contributed by atoms with van der Waals surface area (Å²) in [6.07, 6.45) is 4.34. The number of aromatic nitrogens is 2. The second-order valence-corrected chi connectivity index (χ2v) is 8.64. The number of hydrogen-bond donors (Lipinski definition) is 0. The van der Waals surface area contributed by atoms with Gasteiger partial charge >= 0.3 is 0 Å². The highest BCUT2D eigenvalue weighted by molar-refractivity contribution is 7.88. The minimum Gasteiger partial charge on any atom is -0.472 e. The maximum Gasteiger partial charge on any atom is 0.257 e. The van der Waals surface area contributed by atoms with E-state index in [1.165, 1.54) is 23.1 Å². The van der Waals surface area contributed by atoms with Crippen molar-refractivity contribution < 1.29 is 22.2 Å². The van der Waals surface area contributed by atoms with Crippen LogP contribution in [0.25, 0.3) is 0 Å². The average molecular weight is 382 g/mol. The van der Waals surface area contributed by atoms with E-state index in [-0.39, 0.29) is 24.4 Å². The van der Waals surface area contributed by atoms with Crippen LogP contribution in [0.1, 0.15) is 41.8 Å². The maximum absolute atomic E-state index is 12.2. The molecule has 142 valence electrons. The lowest BCUT2D eigenvalue weighted by atomic mass is 10.1. The van der Waals surface area contributed by atoms with Crippen LogP contribution in [-0.2, 0) is 16.4 Å². The second-order valence-electron chi connectivity index (χ2n) is 6.70. The van der Waals surface area contributed by atoms with Crippen LogP contribution in [0.5, 0.6) is 0 Å². The summed E-state index contributed by atoms with van der Waals surface area (Å²) in [5, 5.41) is 3.89. The molecule has 0 aromatic carbocycles. The first-order valence-electron chi connectivity index (χ1n) is 8.36. The van der Waals surface area contributed by atoms with Gasteiger partial charge in [0, 0.05) is 32.0 Å². The Kier molecular flexibility index (Phi) is 5.15. The molecule has 9 nitrogen and oxygen atoms in total. The normalized spacial score (nSPS) is 15.7. The molecule has 3 heterocycles. The molecule has 0 N–H and O–H groups in total. The molecule has 26 heavy (non-hydrogen) atoms. The van der Waals surface area contributed by atoms with Crippen molar-refractivity contribution in [1.82, 2.24) is 19.3 Å². The summed E-state index contributed by atoms with van der Waals surface area (Å²) >= 11 is 0. The molecular weight excluding hydrogens is 360 g/mol. The van der Waals surface area contributed by atoms with Crippen LogP contribution in [-0.4, -0.2) is 65.6 Å². The van der Waals surface area contributed by atoms with Gasteiger partial charge in [-0.15, -0.1) is 0 Å². The molecule has 0 unspecified atom stereocenters. The van der Waals surface area contributed by atoms with E-state index >= 15 is 0 Å². The van der Waals surface area contributed by atoms with Crippen molar-refractivity contribution in [3.63, 3.8) is 0 Å². The minimum atomic E-state index is -3.42. The summed E-state index contributed by atoms with van der Waals surface area (Å²) in [4.78, 5) is 18.1. The van der Waals surface area contributed by atoms with Crippen molar-refractivity contribution >= 4 is 15.9 Å². The third-order valence-electron chi connectivity index (χ3n) is 4.28. The van der Waals surface area contributed by atoms with Gasteiger partial charge < -0.3 is 13.8 Å². The molecule has 0 radical (unpaired) electrons. The van der Waals surface area contributed by atoms with Gasteiger partial charge in [-0.1, -0.05) is 19.0 Å². The number of sulfonamides is 1. The topological polar surface area (TPSA) is 110 Å². The van der Waals surface area contributed by atoms with E-state index in [1.54, 1.807) is 11.0 Å². The van der Waals surface area contributed by atoms with Crippen LogP contribution < -0.4 is 0 Å². The van der Waals surface area contributed by atoms with Crippen LogP contribution in [0.2, 0.25) is 0 Å². The quantitative estimate of drug-likeness (QED) is 0.705. The molecule has 0 saturated carbocycles. The van der Waals surface area contributed by atoms with Crippen molar-refractivity contribution in [1.29, 1.82) is 0 Å². The Morgan fingerprint density at radius 2 is 2.15 bits per heavy atom. The summed E-state index contributed by atoms with van der Waals surface area (Å²) in [7, 11) is -3.42. The molecule has 1 aliphatic rings. The third kappa shape index (κ3) is 3.96. The number of amides is 1. The van der Waals surface area contributed by atoms with Crippen molar-refractivity contribution in [3.05, 3.63) is 35.9 Å². The van der Waals surface area contributed by atoms with Crippen LogP contribution in [0.3, 0.4) is 0 Å². The zero-order valence-corrected chi connectivity index (χ0v) is 15.8. The molecule has 0 aliphatic carbocycles. The summed E-state index contributed by atoms with van der Waals surface area (Å²) in [6.45, 7) is 4.83. The van der Waals surface area contributed by atoms with E-state index in [1.807, 2.05) is 13.8 Å². The molecule has 1 fully saturated rings. The van der Waals surface area contributed by atoms with Crippen LogP contribution in [0.4, 0.5) is 0 Å². The number of rotatable bonds is 7. The van der Waals surface area contributed by atoms with Crippen molar-refractivity contribution in [2.24, 2.45) is 0 Å². The highest BCUT2D eigenvalue weighted by Crippen LogP contribution is 2.21. The number of furan rings is 1. The van der Waals surface area contributed by atoms with Gasteiger partial charge in [0.1, 0.15) is 6.26 Å². The van der Waals surface area contributed by atoms with E-state index in [0.29, 0.717) is 36.8 Å². The molecule has 0 bridgehead atoms. The molecular formula is C16H22N4O5S. The molecule has 2 aromatic rings. The zero-order chi connectivity index (χ0) is 18.9. The summed E-state index contributed by atoms with van der Waals surface area (Å²) in [5.41, 5.74) is 0.461. The van der Waals surface area contributed by atoms with E-state index in [0.717, 1.165) is 0 Å². The van der Waals surface area contributed by atoms with Gasteiger partial charge in [0.25, 0.3) is 5.91 Å². The molecule has 1 aliphatic heterocycles. The van der Waals surface area contributed by atoms with Gasteiger partial charge in [-0.3, -0.25) is 4.79 Å². The predicted molar refractivity (Wildman–Crippen MR) is 92.0 cm³/mol. The van der Waals surface area contributed by atoms with Crippen LogP contribution >= 0.6 is 0 Å². The van der Waals surface area contributed by atoms with Gasteiger partial charge in [0.2, 0.25) is 15.9 Å². The number of nitrogens with zero attached hydrogens (tertiary/aromatic N) is 4. The van der Waals surface area contributed by atoms with Gasteiger partial charge in [0.15, 0.2) is 5.82 Å². The molecule has 0 atom stereocenters. The third-order valence-corrected chi connectivity index (χ3v) is 5.62. The maximum atomic E-state index is 12.2.